The van der Waals surface area contributed by atoms with Gasteiger partial charge in [-0.1, -0.05) is 29.8 Å². The van der Waals surface area contributed by atoms with Crippen molar-refractivity contribution in [2.45, 2.75) is 11.3 Å². The highest BCUT2D eigenvalue weighted by atomic mass is 35.5. The Labute approximate surface area is 169 Å². The predicted molar refractivity (Wildman–Crippen MR) is 107 cm³/mol. The van der Waals surface area contributed by atoms with E-state index in [9.17, 15) is 12.8 Å². The molecule has 1 N–H and O–H groups in total. The quantitative estimate of drug-likeness (QED) is 0.499. The molecule has 2 heterocycles. The predicted octanol–water partition coefficient (Wildman–Crippen LogP) is 3.77. The third-order valence-electron chi connectivity index (χ3n) is 4.04. The summed E-state index contributed by atoms with van der Waals surface area (Å²) in [5.41, 5.74) is 1.11. The number of benzene rings is 2. The number of hydrogen-bond donors (Lipinski definition) is 1. The molecule has 144 valence electrons. The SMILES string of the molecule is O=S(=O)(NCCc1csc2nc(-c3ccccc3F)nn12)c1cccc(Cl)c1. The molecule has 0 aliphatic rings. The first-order valence-electron chi connectivity index (χ1n) is 8.27. The average Bonchev–Trinajstić information content (AvgIpc) is 3.24. The molecule has 28 heavy (non-hydrogen) atoms. The molecular formula is C18H14ClFN4O2S2. The van der Waals surface area contributed by atoms with Crippen LogP contribution in [0.1, 0.15) is 5.69 Å². The molecule has 0 spiro atoms. The standard InChI is InChI=1S/C18H14ClFN4O2S2/c19-12-4-3-5-14(10-12)28(25,26)21-9-8-13-11-27-18-22-17(23-24(13)18)15-6-1-2-7-16(15)20/h1-7,10-11,21H,8-9H2. The molecule has 0 saturated carbocycles. The van der Waals surface area contributed by atoms with Gasteiger partial charge < -0.3 is 0 Å². The molecule has 0 radical (unpaired) electrons. The summed E-state index contributed by atoms with van der Waals surface area (Å²) in [6, 6.07) is 12.4. The maximum absolute atomic E-state index is 14.0. The molecule has 2 aromatic heterocycles. The van der Waals surface area contributed by atoms with Crippen molar-refractivity contribution >= 4 is 37.9 Å². The number of nitrogens with one attached hydrogen (secondary N) is 1. The summed E-state index contributed by atoms with van der Waals surface area (Å²) in [4.78, 5) is 5.08. The maximum atomic E-state index is 14.0. The van der Waals surface area contributed by atoms with Gasteiger partial charge in [-0.3, -0.25) is 0 Å². The van der Waals surface area contributed by atoms with E-state index in [-0.39, 0.29) is 11.4 Å². The second-order valence-corrected chi connectivity index (χ2v) is 8.98. The number of nitrogens with zero attached hydrogens (tertiary/aromatic N) is 3. The van der Waals surface area contributed by atoms with Gasteiger partial charge in [0.1, 0.15) is 5.82 Å². The zero-order valence-electron chi connectivity index (χ0n) is 14.3. The highest BCUT2D eigenvalue weighted by Gasteiger charge is 2.16. The fraction of sp³-hybridized carbons (Fsp3) is 0.111. The summed E-state index contributed by atoms with van der Waals surface area (Å²) >= 11 is 7.22. The number of halogens is 2. The first-order chi connectivity index (χ1) is 13.4. The van der Waals surface area contributed by atoms with E-state index in [4.69, 9.17) is 11.6 Å². The van der Waals surface area contributed by atoms with Crippen molar-refractivity contribution in [3.05, 3.63) is 70.4 Å². The number of rotatable bonds is 6. The molecule has 0 bridgehead atoms. The summed E-state index contributed by atoms with van der Waals surface area (Å²) in [6.45, 7) is 0.176. The average molecular weight is 437 g/mol. The third kappa shape index (κ3) is 3.79. The summed E-state index contributed by atoms with van der Waals surface area (Å²) in [7, 11) is -3.66. The summed E-state index contributed by atoms with van der Waals surface area (Å²) in [5.74, 6) is -0.0951. The number of thiazole rings is 1. The van der Waals surface area contributed by atoms with Gasteiger partial charge >= 0.3 is 0 Å². The van der Waals surface area contributed by atoms with Crippen molar-refractivity contribution in [1.29, 1.82) is 0 Å². The van der Waals surface area contributed by atoms with Crippen LogP contribution in [0.25, 0.3) is 16.3 Å². The van der Waals surface area contributed by atoms with Crippen LogP contribution in [0.3, 0.4) is 0 Å². The van der Waals surface area contributed by atoms with Gasteiger partial charge in [-0.2, -0.15) is 4.98 Å². The van der Waals surface area contributed by atoms with E-state index in [1.165, 1.54) is 29.5 Å². The van der Waals surface area contributed by atoms with Gasteiger partial charge in [0, 0.05) is 23.4 Å². The van der Waals surface area contributed by atoms with Gasteiger partial charge in [0.15, 0.2) is 5.82 Å². The van der Waals surface area contributed by atoms with Crippen molar-refractivity contribution in [3.8, 4) is 11.4 Å². The van der Waals surface area contributed by atoms with E-state index >= 15 is 0 Å². The molecule has 10 heteroatoms. The Bertz CT molecular complexity index is 1250. The Morgan fingerprint density at radius 3 is 2.79 bits per heavy atom. The Hall–Kier alpha value is -2.33. The van der Waals surface area contributed by atoms with E-state index in [1.54, 1.807) is 34.8 Å². The van der Waals surface area contributed by atoms with Crippen LogP contribution in [0.15, 0.2) is 58.8 Å². The smallest absolute Gasteiger partial charge is 0.211 e. The lowest BCUT2D eigenvalue weighted by atomic mass is 10.2. The van der Waals surface area contributed by atoms with Gasteiger partial charge in [0.2, 0.25) is 15.0 Å². The van der Waals surface area contributed by atoms with Crippen LogP contribution in [0.4, 0.5) is 4.39 Å². The van der Waals surface area contributed by atoms with Crippen LogP contribution in [0.2, 0.25) is 5.02 Å². The molecule has 6 nitrogen and oxygen atoms in total. The first kappa shape index (κ1) is 19.0. The maximum Gasteiger partial charge on any atom is 0.240 e. The van der Waals surface area contributed by atoms with Crippen molar-refractivity contribution in [1.82, 2.24) is 19.3 Å². The first-order valence-corrected chi connectivity index (χ1v) is 11.0. The van der Waals surface area contributed by atoms with E-state index in [0.717, 1.165) is 5.69 Å². The minimum atomic E-state index is -3.66. The van der Waals surface area contributed by atoms with Crippen LogP contribution >= 0.6 is 22.9 Å². The molecule has 4 aromatic rings. The van der Waals surface area contributed by atoms with Crippen molar-refractivity contribution in [3.63, 3.8) is 0 Å². The van der Waals surface area contributed by atoms with Gasteiger partial charge in [-0.25, -0.2) is 22.0 Å². The molecule has 0 aliphatic heterocycles. The summed E-state index contributed by atoms with van der Waals surface area (Å²) in [6.07, 6.45) is 0.403. The molecular weight excluding hydrogens is 423 g/mol. The minimum absolute atomic E-state index is 0.109. The number of aromatic nitrogens is 3. The zero-order chi connectivity index (χ0) is 19.7. The lowest BCUT2D eigenvalue weighted by molar-refractivity contribution is 0.581. The lowest BCUT2D eigenvalue weighted by Crippen LogP contribution is -2.26. The van der Waals surface area contributed by atoms with Crippen LogP contribution in [0, 0.1) is 5.82 Å². The monoisotopic (exact) mass is 436 g/mol. The van der Waals surface area contributed by atoms with Gasteiger partial charge in [0.25, 0.3) is 0 Å². The number of fused-ring (bicyclic) bond motifs is 1. The van der Waals surface area contributed by atoms with Crippen molar-refractivity contribution < 1.29 is 12.8 Å². The summed E-state index contributed by atoms with van der Waals surface area (Å²) < 4.78 is 42.8. The molecule has 4 rings (SSSR count). The third-order valence-corrected chi connectivity index (χ3v) is 6.60. The fourth-order valence-electron chi connectivity index (χ4n) is 2.68. The normalized spacial score (nSPS) is 11.9. The van der Waals surface area contributed by atoms with E-state index in [1.807, 2.05) is 5.38 Å². The molecule has 0 aliphatic carbocycles. The van der Waals surface area contributed by atoms with E-state index in [2.05, 4.69) is 14.8 Å². The molecule has 0 unspecified atom stereocenters. The topological polar surface area (TPSA) is 76.4 Å². The number of sulfonamides is 1. The van der Waals surface area contributed by atoms with E-state index < -0.39 is 15.8 Å². The molecule has 0 amide bonds. The van der Waals surface area contributed by atoms with Crippen molar-refractivity contribution in [2.24, 2.45) is 0 Å². The molecule has 0 atom stereocenters. The second-order valence-electron chi connectivity index (χ2n) is 5.94. The Balaban J connectivity index is 1.51. The largest absolute Gasteiger partial charge is 0.240 e. The Morgan fingerprint density at radius 2 is 2.00 bits per heavy atom. The zero-order valence-corrected chi connectivity index (χ0v) is 16.7. The van der Waals surface area contributed by atoms with Gasteiger partial charge in [-0.15, -0.1) is 16.4 Å². The van der Waals surface area contributed by atoms with E-state index in [0.29, 0.717) is 27.8 Å². The van der Waals surface area contributed by atoms with Crippen LogP contribution in [0.5, 0.6) is 0 Å². The summed E-state index contributed by atoms with van der Waals surface area (Å²) in [5, 5.41) is 6.58. The van der Waals surface area contributed by atoms with Crippen LogP contribution in [-0.2, 0) is 16.4 Å². The van der Waals surface area contributed by atoms with Crippen LogP contribution < -0.4 is 4.72 Å². The molecule has 2 aromatic carbocycles. The minimum Gasteiger partial charge on any atom is -0.211 e. The molecule has 0 saturated heterocycles. The highest BCUT2D eigenvalue weighted by molar-refractivity contribution is 7.89. The van der Waals surface area contributed by atoms with Gasteiger partial charge in [-0.05, 0) is 30.3 Å². The fourth-order valence-corrected chi connectivity index (χ4v) is 4.87. The Kier molecular flexibility index (Phi) is 5.15. The highest BCUT2D eigenvalue weighted by Crippen LogP contribution is 2.23. The second kappa shape index (κ2) is 7.59. The van der Waals surface area contributed by atoms with Gasteiger partial charge in [0.05, 0.1) is 16.2 Å². The Morgan fingerprint density at radius 1 is 1.18 bits per heavy atom. The van der Waals surface area contributed by atoms with Crippen LogP contribution in [-0.4, -0.2) is 29.6 Å². The number of hydrogen-bond acceptors (Lipinski definition) is 5. The van der Waals surface area contributed by atoms with Crippen molar-refractivity contribution in [2.75, 3.05) is 6.54 Å². The molecule has 0 fully saturated rings. The lowest BCUT2D eigenvalue weighted by Gasteiger charge is -2.06.